The number of hydrogen-bond acceptors (Lipinski definition) is 3. The lowest BCUT2D eigenvalue weighted by Crippen LogP contribution is -2.45. The van der Waals surface area contributed by atoms with Gasteiger partial charge in [-0.25, -0.2) is 9.07 Å². The van der Waals surface area contributed by atoms with Gasteiger partial charge in [0.05, 0.1) is 23.7 Å². The van der Waals surface area contributed by atoms with Gasteiger partial charge in [0.25, 0.3) is 5.56 Å². The Morgan fingerprint density at radius 3 is 2.54 bits per heavy atom. The molecule has 0 N–H and O–H groups in total. The number of aromatic nitrogens is 2. The summed E-state index contributed by atoms with van der Waals surface area (Å²) < 4.78 is 14.8. The predicted molar refractivity (Wildman–Crippen MR) is 103 cm³/mol. The third-order valence-electron chi connectivity index (χ3n) is 6.46. The van der Waals surface area contributed by atoms with Crippen molar-refractivity contribution in [1.29, 1.82) is 0 Å². The van der Waals surface area contributed by atoms with E-state index in [2.05, 4.69) is 5.10 Å². The molecule has 5 nitrogen and oxygen atoms in total. The highest BCUT2D eigenvalue weighted by Gasteiger charge is 2.54. The lowest BCUT2D eigenvalue weighted by molar-refractivity contribution is -0.135. The first-order valence-corrected chi connectivity index (χ1v) is 10.2. The van der Waals surface area contributed by atoms with Crippen LogP contribution in [0.15, 0.2) is 41.2 Å². The smallest absolute Gasteiger partial charge is 0.266 e. The number of hydrogen-bond donors (Lipinski definition) is 0. The van der Waals surface area contributed by atoms with Crippen molar-refractivity contribution in [2.75, 3.05) is 6.54 Å². The summed E-state index contributed by atoms with van der Waals surface area (Å²) in [5.74, 6) is 0.321. The Morgan fingerprint density at radius 1 is 1.11 bits per heavy atom. The molecule has 1 aromatic heterocycles. The molecule has 28 heavy (non-hydrogen) atoms. The average Bonchev–Trinajstić information content (AvgIpc) is 3.62. The molecule has 2 aliphatic carbocycles. The Balaban J connectivity index is 1.37. The van der Waals surface area contributed by atoms with Crippen molar-refractivity contribution in [3.8, 4) is 0 Å². The number of rotatable bonds is 5. The van der Waals surface area contributed by atoms with Crippen LogP contribution >= 0.6 is 0 Å². The SMILES string of the molecule is O=C(N1CCCC1Cn1nc(C2CC2)ccc1=O)C1(c2ccc(F)cc2)CC1. The van der Waals surface area contributed by atoms with E-state index >= 15 is 0 Å². The second-order valence-electron chi connectivity index (χ2n) is 8.44. The summed E-state index contributed by atoms with van der Waals surface area (Å²) in [5.41, 5.74) is 1.27. The fraction of sp³-hybridized carbons (Fsp3) is 0.500. The van der Waals surface area contributed by atoms with Crippen LogP contribution in [0.1, 0.15) is 55.7 Å². The lowest BCUT2D eigenvalue weighted by atomic mass is 9.94. The van der Waals surface area contributed by atoms with E-state index in [1.807, 2.05) is 11.0 Å². The van der Waals surface area contributed by atoms with E-state index in [4.69, 9.17) is 0 Å². The number of carbonyl (C=O) groups is 1. The fourth-order valence-corrected chi connectivity index (χ4v) is 4.48. The van der Waals surface area contributed by atoms with Crippen LogP contribution in [0.25, 0.3) is 0 Å². The Labute approximate surface area is 163 Å². The van der Waals surface area contributed by atoms with E-state index in [0.717, 1.165) is 49.8 Å². The van der Waals surface area contributed by atoms with E-state index < -0.39 is 5.41 Å². The van der Waals surface area contributed by atoms with E-state index in [9.17, 15) is 14.0 Å². The molecule has 0 radical (unpaired) electrons. The summed E-state index contributed by atoms with van der Waals surface area (Å²) in [6.45, 7) is 1.16. The van der Waals surface area contributed by atoms with Gasteiger partial charge in [-0.05, 0) is 62.3 Å². The number of nitrogens with zero attached hydrogens (tertiary/aromatic N) is 3. The molecular weight excluding hydrogens is 357 g/mol. The first-order valence-electron chi connectivity index (χ1n) is 10.2. The number of likely N-dealkylation sites (tertiary alicyclic amines) is 1. The molecule has 2 saturated carbocycles. The largest absolute Gasteiger partial charge is 0.337 e. The summed E-state index contributed by atoms with van der Waals surface area (Å²) in [5, 5.41) is 4.56. The Hall–Kier alpha value is -2.50. The Bertz CT molecular complexity index is 960. The predicted octanol–water partition coefficient (Wildman–Crippen LogP) is 2.98. The van der Waals surface area contributed by atoms with Gasteiger partial charge in [0.2, 0.25) is 5.91 Å². The van der Waals surface area contributed by atoms with Crippen molar-refractivity contribution in [3.05, 3.63) is 63.8 Å². The molecule has 1 aromatic carbocycles. The Kier molecular flexibility index (Phi) is 4.11. The van der Waals surface area contributed by atoms with Crippen LogP contribution in [0.4, 0.5) is 4.39 Å². The zero-order chi connectivity index (χ0) is 19.3. The normalized spacial score (nSPS) is 23.0. The summed E-state index contributed by atoms with van der Waals surface area (Å²) >= 11 is 0. The highest BCUT2D eigenvalue weighted by Crippen LogP contribution is 2.50. The van der Waals surface area contributed by atoms with Crippen molar-refractivity contribution >= 4 is 5.91 Å². The first kappa shape index (κ1) is 17.6. The summed E-state index contributed by atoms with van der Waals surface area (Å²) in [6, 6.07) is 9.75. The summed E-state index contributed by atoms with van der Waals surface area (Å²) in [7, 11) is 0. The van der Waals surface area contributed by atoms with Gasteiger partial charge in [-0.1, -0.05) is 12.1 Å². The second-order valence-corrected chi connectivity index (χ2v) is 8.44. The van der Waals surface area contributed by atoms with Crippen LogP contribution in [0.5, 0.6) is 0 Å². The second kappa shape index (κ2) is 6.54. The molecule has 0 bridgehead atoms. The molecule has 2 aromatic rings. The third kappa shape index (κ3) is 3.05. The molecule has 3 aliphatic rings. The third-order valence-corrected chi connectivity index (χ3v) is 6.46. The van der Waals surface area contributed by atoms with Gasteiger partial charge in [0, 0.05) is 18.5 Å². The van der Waals surface area contributed by atoms with E-state index in [1.54, 1.807) is 22.9 Å². The minimum Gasteiger partial charge on any atom is -0.337 e. The van der Waals surface area contributed by atoms with E-state index in [-0.39, 0.29) is 23.3 Å². The standard InChI is InChI=1S/C22H24FN3O2/c23-17-7-5-16(6-8-17)22(11-12-22)21(28)25-13-1-2-18(25)14-26-20(27)10-9-19(24-26)15-3-4-15/h5-10,15,18H,1-4,11-14H2. The van der Waals surface area contributed by atoms with Crippen LogP contribution in [0.2, 0.25) is 0 Å². The highest BCUT2D eigenvalue weighted by atomic mass is 19.1. The van der Waals surface area contributed by atoms with Crippen molar-refractivity contribution in [2.45, 2.75) is 62.4 Å². The van der Waals surface area contributed by atoms with Gasteiger partial charge in [-0.2, -0.15) is 5.10 Å². The van der Waals surface area contributed by atoms with Crippen molar-refractivity contribution in [1.82, 2.24) is 14.7 Å². The lowest BCUT2D eigenvalue weighted by Gasteiger charge is -2.29. The zero-order valence-electron chi connectivity index (χ0n) is 15.8. The van der Waals surface area contributed by atoms with Gasteiger partial charge in [-0.3, -0.25) is 9.59 Å². The van der Waals surface area contributed by atoms with Crippen molar-refractivity contribution in [3.63, 3.8) is 0 Å². The van der Waals surface area contributed by atoms with Gasteiger partial charge < -0.3 is 4.90 Å². The maximum atomic E-state index is 13.4. The molecular formula is C22H24FN3O2. The molecule has 6 heteroatoms. The number of halogens is 1. The molecule has 0 spiro atoms. The van der Waals surface area contributed by atoms with Gasteiger partial charge in [0.1, 0.15) is 5.82 Å². The van der Waals surface area contributed by atoms with Crippen LogP contribution in [0, 0.1) is 5.82 Å². The molecule has 3 fully saturated rings. The summed E-state index contributed by atoms with van der Waals surface area (Å²) in [4.78, 5) is 27.7. The molecule has 5 rings (SSSR count). The molecule has 2 heterocycles. The van der Waals surface area contributed by atoms with Gasteiger partial charge in [0.15, 0.2) is 0 Å². The highest BCUT2D eigenvalue weighted by molar-refractivity contribution is 5.91. The summed E-state index contributed by atoms with van der Waals surface area (Å²) in [6.07, 6.45) is 5.70. The van der Waals surface area contributed by atoms with Crippen LogP contribution in [-0.4, -0.2) is 33.2 Å². The maximum Gasteiger partial charge on any atom is 0.266 e. The molecule has 146 valence electrons. The minimum absolute atomic E-state index is 0.00919. The molecule has 1 saturated heterocycles. The quantitative estimate of drug-likeness (QED) is 0.800. The maximum absolute atomic E-state index is 13.4. The average molecular weight is 381 g/mol. The van der Waals surface area contributed by atoms with Crippen molar-refractivity contribution in [2.24, 2.45) is 0 Å². The van der Waals surface area contributed by atoms with E-state index in [1.165, 1.54) is 12.1 Å². The number of benzene rings is 1. The van der Waals surface area contributed by atoms with Crippen LogP contribution in [0.3, 0.4) is 0 Å². The molecule has 1 unspecified atom stereocenters. The fourth-order valence-electron chi connectivity index (χ4n) is 4.48. The van der Waals surface area contributed by atoms with Gasteiger partial charge in [-0.15, -0.1) is 0 Å². The van der Waals surface area contributed by atoms with Crippen LogP contribution < -0.4 is 5.56 Å². The van der Waals surface area contributed by atoms with Crippen molar-refractivity contribution < 1.29 is 9.18 Å². The first-order chi connectivity index (χ1) is 13.6. The monoisotopic (exact) mass is 381 g/mol. The van der Waals surface area contributed by atoms with Gasteiger partial charge >= 0.3 is 0 Å². The molecule has 1 amide bonds. The molecule has 1 aliphatic heterocycles. The number of amides is 1. The zero-order valence-corrected chi connectivity index (χ0v) is 15.8. The van der Waals surface area contributed by atoms with Crippen LogP contribution in [-0.2, 0) is 16.8 Å². The molecule has 1 atom stereocenters. The topological polar surface area (TPSA) is 55.2 Å². The Morgan fingerprint density at radius 2 is 1.86 bits per heavy atom. The van der Waals surface area contributed by atoms with E-state index in [0.29, 0.717) is 19.0 Å². The number of carbonyl (C=O) groups excluding carboxylic acids is 1. The minimum atomic E-state index is -0.509.